The maximum absolute atomic E-state index is 14.4. The van der Waals surface area contributed by atoms with Gasteiger partial charge in [0.25, 0.3) is 11.1 Å². The molecule has 484 valence electrons. The highest BCUT2D eigenvalue weighted by atomic mass is 16.6. The van der Waals surface area contributed by atoms with Gasteiger partial charge < -0.3 is 56.8 Å². The number of aromatic nitrogens is 8. The predicted octanol–water partition coefficient (Wildman–Crippen LogP) is 1.48. The highest BCUT2D eigenvalue weighted by molar-refractivity contribution is 5.82. The fraction of sp³-hybridized carbons (Fsp3) is 0.533. The molecule has 7 rings (SSSR count). The molecule has 2 aromatic rings. The molecule has 2 aromatic carbocycles. The van der Waals surface area contributed by atoms with Crippen LogP contribution >= 0.6 is 0 Å². The van der Waals surface area contributed by atoms with Crippen LogP contribution in [0.3, 0.4) is 0 Å². The Kier molecular flexibility index (Phi) is 22.6. The Balaban J connectivity index is 1.07. The van der Waals surface area contributed by atoms with Crippen LogP contribution in [0.25, 0.3) is 45.1 Å². The molecule has 0 amide bonds. The second-order valence-corrected chi connectivity index (χ2v) is 22.1. The van der Waals surface area contributed by atoms with Crippen molar-refractivity contribution in [2.75, 3.05) is 52.5 Å². The summed E-state index contributed by atoms with van der Waals surface area (Å²) in [6.45, 7) is 17.5. The first-order valence-electron chi connectivity index (χ1n) is 29.1. The summed E-state index contributed by atoms with van der Waals surface area (Å²) in [6, 6.07) is 6.97. The minimum Gasteiger partial charge on any atom is -0.462 e. The van der Waals surface area contributed by atoms with Gasteiger partial charge in [-0.2, -0.15) is 9.97 Å². The van der Waals surface area contributed by atoms with E-state index in [1.807, 2.05) is 27.7 Å². The van der Waals surface area contributed by atoms with Gasteiger partial charge in [-0.1, -0.05) is 0 Å². The van der Waals surface area contributed by atoms with Crippen LogP contribution in [-0.4, -0.2) is 185 Å². The van der Waals surface area contributed by atoms with Gasteiger partial charge in [0.1, 0.15) is 13.2 Å². The highest BCUT2D eigenvalue weighted by Gasteiger charge is 2.41. The molecule has 5 aliphatic rings. The van der Waals surface area contributed by atoms with E-state index in [9.17, 15) is 57.5 Å². The molecule has 0 bridgehead atoms. The van der Waals surface area contributed by atoms with Gasteiger partial charge in [-0.3, -0.25) is 57.1 Å². The Bertz CT molecular complexity index is 3670. The molecule has 6 atom stereocenters. The Morgan fingerprint density at radius 3 is 1.02 bits per heavy atom. The second-order valence-electron chi connectivity index (χ2n) is 22.1. The molecule has 0 aliphatic carbocycles. The summed E-state index contributed by atoms with van der Waals surface area (Å²) in [6.07, 6.45) is -8.32. The summed E-state index contributed by atoms with van der Waals surface area (Å²) < 4.78 is 48.7. The van der Waals surface area contributed by atoms with Crippen LogP contribution in [0, 0.1) is 27.7 Å². The molecular formula is C60H74N10O20. The summed E-state index contributed by atoms with van der Waals surface area (Å²) in [7, 11) is 0. The summed E-state index contributed by atoms with van der Waals surface area (Å²) in [5.74, 6) is -6.86. The number of benzene rings is 2. The number of hydrogen-bond donors (Lipinski definition) is 0. The summed E-state index contributed by atoms with van der Waals surface area (Å²) >= 11 is 0. The molecule has 5 heterocycles. The van der Waals surface area contributed by atoms with Crippen LogP contribution in [0.2, 0.25) is 0 Å². The molecule has 0 saturated carbocycles. The number of hydrogen-bond acceptors (Lipinski definition) is 26. The van der Waals surface area contributed by atoms with Crippen LogP contribution < -0.4 is 22.5 Å². The third-order valence-electron chi connectivity index (χ3n) is 15.1. The van der Waals surface area contributed by atoms with E-state index in [0.717, 1.165) is 86.8 Å². The molecule has 30 nitrogen and oxygen atoms in total. The van der Waals surface area contributed by atoms with Gasteiger partial charge in [0, 0.05) is 94.7 Å². The van der Waals surface area contributed by atoms with Crippen molar-refractivity contribution >= 4 is 69.8 Å². The zero-order chi connectivity index (χ0) is 66.0. The average molecular weight is 1260 g/mol. The van der Waals surface area contributed by atoms with Gasteiger partial charge in [-0.15, -0.1) is 0 Å². The third-order valence-corrected chi connectivity index (χ3v) is 15.1. The fourth-order valence-corrected chi connectivity index (χ4v) is 10.7. The largest absolute Gasteiger partial charge is 0.462 e. The van der Waals surface area contributed by atoms with E-state index in [2.05, 4.69) is 29.7 Å². The lowest BCUT2D eigenvalue weighted by molar-refractivity contribution is -0.190. The zero-order valence-electron chi connectivity index (χ0n) is 52.3. The monoisotopic (exact) mass is 1250 g/mol. The second kappa shape index (κ2) is 29.8. The number of carbonyl (C=O) groups is 8. The molecule has 1 saturated heterocycles. The maximum Gasteiger partial charge on any atom is 0.352 e. The summed E-state index contributed by atoms with van der Waals surface area (Å²) in [5, 5.41) is 0. The van der Waals surface area contributed by atoms with Crippen molar-refractivity contribution in [3.63, 3.8) is 0 Å². The number of esters is 8. The normalized spacial score (nSPS) is 14.9. The van der Waals surface area contributed by atoms with E-state index in [0.29, 0.717) is 74.2 Å². The van der Waals surface area contributed by atoms with Gasteiger partial charge in [0.2, 0.25) is 0 Å². The Morgan fingerprint density at radius 1 is 0.400 bits per heavy atom. The number of carbonyl (C=O) groups excluding carboxylic acids is 8. The van der Waals surface area contributed by atoms with E-state index >= 15 is 0 Å². The molecule has 0 spiro atoms. The fourth-order valence-electron chi connectivity index (χ4n) is 10.7. The topological polar surface area (TPSA) is 356 Å². The smallest absolute Gasteiger partial charge is 0.352 e. The van der Waals surface area contributed by atoms with Gasteiger partial charge in [0.05, 0.1) is 35.2 Å². The Labute approximate surface area is 514 Å². The quantitative estimate of drug-likeness (QED) is 0.0421. The van der Waals surface area contributed by atoms with Crippen molar-refractivity contribution in [2.24, 2.45) is 0 Å². The predicted molar refractivity (Wildman–Crippen MR) is 317 cm³/mol. The van der Waals surface area contributed by atoms with E-state index < -0.39 is 133 Å². The lowest BCUT2D eigenvalue weighted by atomic mass is 10.1. The summed E-state index contributed by atoms with van der Waals surface area (Å²) in [5.41, 5.74) is 0.959. The minimum absolute atomic E-state index is 0.0238. The lowest BCUT2D eigenvalue weighted by Crippen LogP contribution is -2.49. The molecular weight excluding hydrogens is 1180 g/mol. The van der Waals surface area contributed by atoms with Gasteiger partial charge >= 0.3 is 59.1 Å². The number of fused-ring (bicyclic) bond motifs is 4. The third kappa shape index (κ3) is 17.1. The molecule has 1 fully saturated rings. The Hall–Kier alpha value is -9.32. The van der Waals surface area contributed by atoms with Gasteiger partial charge in [0.15, 0.2) is 59.7 Å². The van der Waals surface area contributed by atoms with Crippen LogP contribution in [-0.2, 0) is 102 Å². The van der Waals surface area contributed by atoms with Crippen LogP contribution in [0.4, 0.5) is 0 Å². The van der Waals surface area contributed by atoms with Crippen LogP contribution in [0.5, 0.6) is 0 Å². The van der Waals surface area contributed by atoms with E-state index in [-0.39, 0.29) is 36.1 Å². The molecule has 0 N–H and O–H groups in total. The van der Waals surface area contributed by atoms with Gasteiger partial charge in [-0.05, 0) is 100 Å². The minimum atomic E-state index is -1.57. The van der Waals surface area contributed by atoms with Gasteiger partial charge in [-0.25, -0.2) is 19.6 Å². The average Bonchev–Trinajstić information content (AvgIpc) is 0.779. The lowest BCUT2D eigenvalue weighted by Gasteiger charge is -2.34. The van der Waals surface area contributed by atoms with E-state index in [1.54, 1.807) is 24.3 Å². The maximum atomic E-state index is 14.4. The molecule has 0 unspecified atom stereocenters. The Morgan fingerprint density at radius 2 is 0.711 bits per heavy atom. The number of ether oxygens (including phenoxy) is 8. The highest BCUT2D eigenvalue weighted by Crippen LogP contribution is 2.29. The van der Waals surface area contributed by atoms with Crippen molar-refractivity contribution in [1.82, 2.24) is 48.0 Å². The number of rotatable bonds is 26. The van der Waals surface area contributed by atoms with Crippen molar-refractivity contribution in [3.05, 3.63) is 88.2 Å². The summed E-state index contributed by atoms with van der Waals surface area (Å²) in [4.78, 5) is 178. The van der Waals surface area contributed by atoms with E-state index in [4.69, 9.17) is 37.9 Å². The first kappa shape index (κ1) is 68.2. The SMILES string of the molecule is CC(=O)OC[C@@H](OC(C)=O)[C@@H](OC(C)=O)[C@H](Cn1c2nc(=O)n(CCCN3CCN(CCCn4c(=O)nc5n(C[C@H](OC(C)=O)[C@H](OC(C)=O)[C@@H](COC(C)=O)OC(C)=O)c6cc(C)c(C)cc6nc-5c4=O)CC3)c(=O)c-2nc2cc(C)c(C)cc21)OC(C)=O. The molecule has 90 heavy (non-hydrogen) atoms. The van der Waals surface area contributed by atoms with E-state index in [1.165, 1.54) is 9.13 Å². The first-order chi connectivity index (χ1) is 42.5. The number of aryl methyl sites for hydroxylation is 4. The van der Waals surface area contributed by atoms with Crippen molar-refractivity contribution in [1.29, 1.82) is 0 Å². The zero-order valence-corrected chi connectivity index (χ0v) is 52.3. The van der Waals surface area contributed by atoms with Crippen molar-refractivity contribution < 1.29 is 76.3 Å². The first-order valence-corrected chi connectivity index (χ1v) is 29.1. The molecule has 30 heteroatoms. The number of nitrogens with zero attached hydrogens (tertiary/aromatic N) is 10. The van der Waals surface area contributed by atoms with Crippen LogP contribution in [0.15, 0.2) is 43.4 Å². The van der Waals surface area contributed by atoms with Crippen molar-refractivity contribution in [2.45, 2.75) is 159 Å². The molecule has 5 aliphatic heterocycles. The van der Waals surface area contributed by atoms with Crippen LogP contribution in [0.1, 0.15) is 90.5 Å². The number of piperazine rings is 1. The standard InChI is InChI=1S/C60H74N10O20/c1-31-23-43-45(25-33(31)3)69(27-47(85-37(7)73)53(89-41(11)77)49(87-39(9)75)29-83-35(5)71)55-51(61-43)57(79)67(59(81)63-55)17-13-15-65-19-21-66(22-20-65)16-14-18-68-58(80)52-56(64-60(68)82)70(46-26-34(4)32(2)24-44(46)62-52)28-48(86-38(8)74)54(90-42(12)78)50(88-40(10)76)30-84-36(6)72/h23-26,47-50,53-54H,13-22,27-30H2,1-12H3/t47-,48-,49+,50+,53-,54-/m0/s1. The molecule has 0 aromatic heterocycles. The molecule has 0 radical (unpaired) electrons. The van der Waals surface area contributed by atoms with Crippen molar-refractivity contribution in [3.8, 4) is 23.0 Å².